The Morgan fingerprint density at radius 3 is 2.67 bits per heavy atom. The first-order valence-corrected chi connectivity index (χ1v) is 4.73. The van der Waals surface area contributed by atoms with Crippen molar-refractivity contribution in [3.05, 3.63) is 31.9 Å². The number of nitrogens with two attached hydrogens (primary N) is 1. The Kier molecular flexibility index (Phi) is 2.95. The van der Waals surface area contributed by atoms with Gasteiger partial charge in [-0.3, -0.25) is 4.79 Å². The van der Waals surface area contributed by atoms with E-state index >= 15 is 0 Å². The van der Waals surface area contributed by atoms with Gasteiger partial charge in [0.1, 0.15) is 0 Å². The van der Waals surface area contributed by atoms with Crippen molar-refractivity contribution >= 4 is 40.1 Å². The molecule has 1 aromatic rings. The Bertz CT molecular complexity index is 338. The van der Waals surface area contributed by atoms with Crippen LogP contribution in [0.2, 0.25) is 5.02 Å². The van der Waals surface area contributed by atoms with E-state index in [4.69, 9.17) is 17.3 Å². The molecule has 0 fully saturated rings. The van der Waals surface area contributed by atoms with Gasteiger partial charge in [-0.2, -0.15) is 0 Å². The predicted molar refractivity (Wildman–Crippen MR) is 57.4 cm³/mol. The number of hydrogen-bond acceptors (Lipinski definition) is 1. The summed E-state index contributed by atoms with van der Waals surface area (Å²) in [6.45, 7) is 1.78. The molecule has 4 heteroatoms. The van der Waals surface area contributed by atoms with Gasteiger partial charge in [-0.25, -0.2) is 0 Å². The van der Waals surface area contributed by atoms with Crippen LogP contribution in [0.5, 0.6) is 0 Å². The Morgan fingerprint density at radius 1 is 1.58 bits per heavy atom. The van der Waals surface area contributed by atoms with Crippen molar-refractivity contribution in [2.75, 3.05) is 0 Å². The second kappa shape index (κ2) is 3.62. The number of rotatable bonds is 1. The lowest BCUT2D eigenvalue weighted by atomic mass is 10.1. The number of benzene rings is 1. The van der Waals surface area contributed by atoms with Crippen LogP contribution in [-0.4, -0.2) is 5.91 Å². The minimum atomic E-state index is -0.437. The predicted octanol–water partition coefficient (Wildman–Crippen LogP) is 2.35. The molecular weight excluding hydrogens is 288 g/mol. The molecule has 0 aliphatic carbocycles. The van der Waals surface area contributed by atoms with Crippen molar-refractivity contribution in [3.63, 3.8) is 0 Å². The molecule has 1 aromatic carbocycles. The Balaban J connectivity index is 3.37. The van der Waals surface area contributed by atoms with Crippen LogP contribution in [0.4, 0.5) is 0 Å². The number of carbonyl (C=O) groups excluding carboxylic acids is 1. The van der Waals surface area contributed by atoms with Crippen molar-refractivity contribution in [1.29, 1.82) is 0 Å². The average molecular weight is 296 g/mol. The van der Waals surface area contributed by atoms with Crippen LogP contribution in [0, 0.1) is 10.5 Å². The molecule has 2 N–H and O–H groups in total. The Hall–Kier alpha value is -0.290. The first-order chi connectivity index (χ1) is 5.52. The van der Waals surface area contributed by atoms with Crippen molar-refractivity contribution in [2.45, 2.75) is 6.92 Å². The number of amides is 1. The second-order valence-corrected chi connectivity index (χ2v) is 4.08. The molecule has 1 rings (SSSR count). The zero-order valence-electron chi connectivity index (χ0n) is 6.40. The van der Waals surface area contributed by atoms with Gasteiger partial charge in [-0.1, -0.05) is 11.6 Å². The van der Waals surface area contributed by atoms with Gasteiger partial charge in [0.2, 0.25) is 5.91 Å². The van der Waals surface area contributed by atoms with Crippen molar-refractivity contribution in [1.82, 2.24) is 0 Å². The molecule has 0 aliphatic rings. The van der Waals surface area contributed by atoms with Gasteiger partial charge >= 0.3 is 0 Å². The van der Waals surface area contributed by atoms with E-state index in [-0.39, 0.29) is 0 Å². The van der Waals surface area contributed by atoms with Gasteiger partial charge in [0.05, 0.1) is 0 Å². The molecule has 0 atom stereocenters. The number of carbonyl (C=O) groups is 1. The quantitative estimate of drug-likeness (QED) is 0.794. The van der Waals surface area contributed by atoms with E-state index in [1.807, 2.05) is 0 Å². The summed E-state index contributed by atoms with van der Waals surface area (Å²) in [5.41, 5.74) is 6.38. The van der Waals surface area contributed by atoms with Gasteiger partial charge in [0.15, 0.2) is 0 Å². The fourth-order valence-electron chi connectivity index (χ4n) is 0.902. The van der Waals surface area contributed by atoms with Crippen LogP contribution < -0.4 is 5.73 Å². The van der Waals surface area contributed by atoms with Gasteiger partial charge in [-0.15, -0.1) is 0 Å². The molecule has 64 valence electrons. The second-order valence-electron chi connectivity index (χ2n) is 2.42. The standard InChI is InChI=1S/C8H7ClINO/c1-4-6(8(11)12)2-5(10)3-7(4)9/h2-3H,1H3,(H2,11,12). The maximum atomic E-state index is 10.9. The van der Waals surface area contributed by atoms with Crippen molar-refractivity contribution < 1.29 is 4.79 Å². The van der Waals surface area contributed by atoms with E-state index < -0.39 is 5.91 Å². The van der Waals surface area contributed by atoms with Crippen LogP contribution >= 0.6 is 34.2 Å². The average Bonchev–Trinajstić information content (AvgIpc) is 1.96. The molecule has 0 heterocycles. The van der Waals surface area contributed by atoms with Gasteiger partial charge in [0.25, 0.3) is 0 Å². The molecule has 1 amide bonds. The summed E-state index contributed by atoms with van der Waals surface area (Å²) in [6.07, 6.45) is 0. The third-order valence-electron chi connectivity index (χ3n) is 1.57. The Labute approximate surface area is 89.2 Å². The van der Waals surface area contributed by atoms with Crippen LogP contribution in [0.25, 0.3) is 0 Å². The van der Waals surface area contributed by atoms with E-state index in [0.29, 0.717) is 10.6 Å². The highest BCUT2D eigenvalue weighted by Gasteiger charge is 2.08. The summed E-state index contributed by atoms with van der Waals surface area (Å²) < 4.78 is 0.914. The lowest BCUT2D eigenvalue weighted by molar-refractivity contribution is 0.0999. The lowest BCUT2D eigenvalue weighted by Crippen LogP contribution is -2.13. The molecule has 12 heavy (non-hydrogen) atoms. The number of hydrogen-bond donors (Lipinski definition) is 1. The molecule has 0 saturated heterocycles. The third-order valence-corrected chi connectivity index (χ3v) is 2.59. The maximum Gasteiger partial charge on any atom is 0.249 e. The van der Waals surface area contributed by atoms with Crippen LogP contribution in [0.15, 0.2) is 12.1 Å². The normalized spacial score (nSPS) is 9.92. The van der Waals surface area contributed by atoms with E-state index in [0.717, 1.165) is 9.13 Å². The fourth-order valence-corrected chi connectivity index (χ4v) is 1.93. The molecule has 0 radical (unpaired) electrons. The van der Waals surface area contributed by atoms with E-state index in [9.17, 15) is 4.79 Å². The van der Waals surface area contributed by atoms with Gasteiger partial charge < -0.3 is 5.73 Å². The van der Waals surface area contributed by atoms with Crippen molar-refractivity contribution in [3.8, 4) is 0 Å². The summed E-state index contributed by atoms with van der Waals surface area (Å²) in [6, 6.07) is 3.52. The molecule has 0 bridgehead atoms. The molecule has 0 unspecified atom stereocenters. The lowest BCUT2D eigenvalue weighted by Gasteiger charge is -2.04. The minimum Gasteiger partial charge on any atom is -0.366 e. The van der Waals surface area contributed by atoms with E-state index in [1.165, 1.54) is 0 Å². The Morgan fingerprint density at radius 2 is 2.17 bits per heavy atom. The molecule has 0 saturated carbocycles. The van der Waals surface area contributed by atoms with Crippen LogP contribution in [-0.2, 0) is 0 Å². The fraction of sp³-hybridized carbons (Fsp3) is 0.125. The SMILES string of the molecule is Cc1c(Cl)cc(I)cc1C(N)=O. The molecule has 2 nitrogen and oxygen atoms in total. The number of halogens is 2. The van der Waals surface area contributed by atoms with Gasteiger partial charge in [0, 0.05) is 14.2 Å². The van der Waals surface area contributed by atoms with E-state index in [1.54, 1.807) is 19.1 Å². The maximum absolute atomic E-state index is 10.9. The van der Waals surface area contributed by atoms with Gasteiger partial charge in [-0.05, 0) is 47.2 Å². The summed E-state index contributed by atoms with van der Waals surface area (Å²) in [5.74, 6) is -0.437. The van der Waals surface area contributed by atoms with E-state index in [2.05, 4.69) is 22.6 Å². The highest BCUT2D eigenvalue weighted by atomic mass is 127. The molecule has 0 spiro atoms. The van der Waals surface area contributed by atoms with Crippen LogP contribution in [0.3, 0.4) is 0 Å². The van der Waals surface area contributed by atoms with Crippen LogP contribution in [0.1, 0.15) is 15.9 Å². The summed E-state index contributed by atoms with van der Waals surface area (Å²) in [5, 5.41) is 0.579. The van der Waals surface area contributed by atoms with Crippen molar-refractivity contribution in [2.24, 2.45) is 5.73 Å². The largest absolute Gasteiger partial charge is 0.366 e. The smallest absolute Gasteiger partial charge is 0.249 e. The summed E-state index contributed by atoms with van der Waals surface area (Å²) >= 11 is 7.94. The zero-order valence-corrected chi connectivity index (χ0v) is 9.31. The summed E-state index contributed by atoms with van der Waals surface area (Å²) in [4.78, 5) is 10.9. The highest BCUT2D eigenvalue weighted by Crippen LogP contribution is 2.22. The first-order valence-electron chi connectivity index (χ1n) is 3.28. The highest BCUT2D eigenvalue weighted by molar-refractivity contribution is 14.1. The monoisotopic (exact) mass is 295 g/mol. The third kappa shape index (κ3) is 1.90. The molecular formula is C8H7ClINO. The minimum absolute atomic E-state index is 0.437. The molecule has 0 aromatic heterocycles. The molecule has 0 aliphatic heterocycles. The topological polar surface area (TPSA) is 43.1 Å². The first kappa shape index (κ1) is 9.80. The number of primary amides is 1. The zero-order chi connectivity index (χ0) is 9.30. The summed E-state index contributed by atoms with van der Waals surface area (Å²) in [7, 11) is 0.